The molecule has 0 unspecified atom stereocenters. The van der Waals surface area contributed by atoms with Gasteiger partial charge in [0.25, 0.3) is 0 Å². The molecule has 0 radical (unpaired) electrons. The first-order valence-electron chi connectivity index (χ1n) is 9.16. The van der Waals surface area contributed by atoms with Crippen LogP contribution in [0.15, 0.2) is 42.5 Å². The lowest BCUT2D eigenvalue weighted by molar-refractivity contribution is -0.115. The molecule has 2 aromatic carbocycles. The van der Waals surface area contributed by atoms with Crippen LogP contribution >= 0.6 is 11.3 Å². The van der Waals surface area contributed by atoms with Gasteiger partial charge < -0.3 is 10.1 Å². The van der Waals surface area contributed by atoms with Gasteiger partial charge in [0.1, 0.15) is 5.00 Å². The second kappa shape index (κ2) is 7.53. The molecule has 0 spiro atoms. The number of amides is 1. The van der Waals surface area contributed by atoms with Crippen molar-refractivity contribution in [1.29, 1.82) is 0 Å². The Kier molecular flexibility index (Phi) is 4.94. The summed E-state index contributed by atoms with van der Waals surface area (Å²) in [6, 6.07) is 14.0. The topological polar surface area (TPSA) is 55.4 Å². The van der Waals surface area contributed by atoms with Crippen LogP contribution in [0.25, 0.3) is 10.8 Å². The number of hydrogen-bond acceptors (Lipinski definition) is 4. The van der Waals surface area contributed by atoms with E-state index in [1.807, 2.05) is 42.5 Å². The Morgan fingerprint density at radius 1 is 1.07 bits per heavy atom. The first kappa shape index (κ1) is 17.7. The molecule has 0 saturated carbocycles. The van der Waals surface area contributed by atoms with Crippen LogP contribution in [0.2, 0.25) is 0 Å². The number of nitrogens with one attached hydrogen (secondary N) is 1. The molecular formula is C22H21NO3S. The maximum Gasteiger partial charge on any atom is 0.341 e. The van der Waals surface area contributed by atoms with Crippen molar-refractivity contribution >= 4 is 39.0 Å². The number of hydrogen-bond donors (Lipinski definition) is 1. The van der Waals surface area contributed by atoms with Gasteiger partial charge in [-0.25, -0.2) is 4.79 Å². The second-order valence-electron chi connectivity index (χ2n) is 6.77. The predicted molar refractivity (Wildman–Crippen MR) is 109 cm³/mol. The van der Waals surface area contributed by atoms with Gasteiger partial charge in [0.05, 0.1) is 19.1 Å². The van der Waals surface area contributed by atoms with E-state index >= 15 is 0 Å². The summed E-state index contributed by atoms with van der Waals surface area (Å²) >= 11 is 1.52. The van der Waals surface area contributed by atoms with Crippen LogP contribution in [0.1, 0.15) is 39.2 Å². The molecule has 4 nitrogen and oxygen atoms in total. The zero-order chi connectivity index (χ0) is 18.8. The van der Waals surface area contributed by atoms with E-state index in [0.29, 0.717) is 10.6 Å². The smallest absolute Gasteiger partial charge is 0.341 e. The number of methoxy groups -OCH3 is 1. The first-order chi connectivity index (χ1) is 13.2. The van der Waals surface area contributed by atoms with E-state index in [4.69, 9.17) is 4.74 Å². The van der Waals surface area contributed by atoms with Gasteiger partial charge in [-0.3, -0.25) is 4.79 Å². The first-order valence-corrected chi connectivity index (χ1v) is 9.98. The van der Waals surface area contributed by atoms with E-state index in [9.17, 15) is 9.59 Å². The lowest BCUT2D eigenvalue weighted by Crippen LogP contribution is -2.17. The maximum absolute atomic E-state index is 12.7. The standard InChI is InChI=1S/C22H21NO3S/c1-26-22(25)20-17-11-4-5-12-18(17)27-21(20)23-19(24)13-15-9-6-8-14-7-2-3-10-16(14)15/h2-3,6-10H,4-5,11-13H2,1H3,(H,23,24). The molecule has 1 amide bonds. The molecule has 27 heavy (non-hydrogen) atoms. The third-order valence-corrected chi connectivity index (χ3v) is 6.25. The number of benzene rings is 2. The summed E-state index contributed by atoms with van der Waals surface area (Å²) < 4.78 is 4.98. The van der Waals surface area contributed by atoms with Crippen molar-refractivity contribution in [3.8, 4) is 0 Å². The number of esters is 1. The number of aryl methyl sites for hydroxylation is 1. The molecule has 1 N–H and O–H groups in total. The molecule has 4 rings (SSSR count). The Labute approximate surface area is 162 Å². The summed E-state index contributed by atoms with van der Waals surface area (Å²) in [5.74, 6) is -0.482. The molecule has 0 fully saturated rings. The summed E-state index contributed by atoms with van der Waals surface area (Å²) in [4.78, 5) is 26.3. The fraction of sp³-hybridized carbons (Fsp3) is 0.273. The van der Waals surface area contributed by atoms with Crippen molar-refractivity contribution in [2.45, 2.75) is 32.1 Å². The van der Waals surface area contributed by atoms with Gasteiger partial charge in [-0.05, 0) is 47.6 Å². The lowest BCUT2D eigenvalue weighted by atomic mass is 9.95. The quantitative estimate of drug-likeness (QED) is 0.666. The maximum atomic E-state index is 12.7. The number of ether oxygens (including phenoxy) is 1. The highest BCUT2D eigenvalue weighted by Gasteiger charge is 2.26. The average molecular weight is 379 g/mol. The SMILES string of the molecule is COC(=O)c1c(NC(=O)Cc2cccc3ccccc23)sc2c1CCCC2. The van der Waals surface area contributed by atoms with Gasteiger partial charge in [-0.2, -0.15) is 0 Å². The normalized spacial score (nSPS) is 13.2. The van der Waals surface area contributed by atoms with Gasteiger partial charge in [-0.1, -0.05) is 42.5 Å². The Hall–Kier alpha value is -2.66. The monoisotopic (exact) mass is 379 g/mol. The number of rotatable bonds is 4. The summed E-state index contributed by atoms with van der Waals surface area (Å²) in [6.07, 6.45) is 4.29. The van der Waals surface area contributed by atoms with Gasteiger partial charge in [-0.15, -0.1) is 11.3 Å². The molecule has 138 valence electrons. The molecule has 1 aromatic heterocycles. The van der Waals surface area contributed by atoms with Crippen LogP contribution in [0.5, 0.6) is 0 Å². The third kappa shape index (κ3) is 3.47. The number of fused-ring (bicyclic) bond motifs is 2. The predicted octanol–water partition coefficient (Wildman–Crippen LogP) is 4.75. The van der Waals surface area contributed by atoms with E-state index in [1.54, 1.807) is 0 Å². The fourth-order valence-electron chi connectivity index (χ4n) is 3.76. The molecule has 5 heteroatoms. The fourth-order valence-corrected chi connectivity index (χ4v) is 5.06. The Balaban J connectivity index is 1.61. The lowest BCUT2D eigenvalue weighted by Gasteiger charge is -2.12. The van der Waals surface area contributed by atoms with Crippen molar-refractivity contribution < 1.29 is 14.3 Å². The Morgan fingerprint density at radius 3 is 2.70 bits per heavy atom. The zero-order valence-electron chi connectivity index (χ0n) is 15.2. The molecular weight excluding hydrogens is 358 g/mol. The van der Waals surface area contributed by atoms with Crippen LogP contribution in [0, 0.1) is 0 Å². The van der Waals surface area contributed by atoms with Crippen LogP contribution < -0.4 is 5.32 Å². The van der Waals surface area contributed by atoms with Crippen molar-refractivity contribution in [1.82, 2.24) is 0 Å². The van der Waals surface area contributed by atoms with Gasteiger partial charge >= 0.3 is 5.97 Å². The van der Waals surface area contributed by atoms with E-state index in [0.717, 1.165) is 47.6 Å². The van der Waals surface area contributed by atoms with E-state index in [1.165, 1.54) is 23.3 Å². The van der Waals surface area contributed by atoms with Crippen molar-refractivity contribution in [2.24, 2.45) is 0 Å². The van der Waals surface area contributed by atoms with Gasteiger partial charge in [0.2, 0.25) is 5.91 Å². The third-order valence-electron chi connectivity index (χ3n) is 5.04. The number of carbonyl (C=O) groups excluding carboxylic acids is 2. The minimum Gasteiger partial charge on any atom is -0.465 e. The van der Waals surface area contributed by atoms with Gasteiger partial charge in [0, 0.05) is 4.88 Å². The molecule has 1 heterocycles. The second-order valence-corrected chi connectivity index (χ2v) is 7.88. The van der Waals surface area contributed by atoms with Crippen LogP contribution in [0.4, 0.5) is 5.00 Å². The summed E-state index contributed by atoms with van der Waals surface area (Å²) in [7, 11) is 1.39. The molecule has 1 aliphatic carbocycles. The molecule has 3 aromatic rings. The highest BCUT2D eigenvalue weighted by molar-refractivity contribution is 7.17. The van der Waals surface area contributed by atoms with E-state index in [2.05, 4.69) is 5.32 Å². The van der Waals surface area contributed by atoms with Crippen molar-refractivity contribution in [2.75, 3.05) is 12.4 Å². The molecule has 0 saturated heterocycles. The van der Waals surface area contributed by atoms with Crippen molar-refractivity contribution in [3.05, 3.63) is 64.0 Å². The summed E-state index contributed by atoms with van der Waals surface area (Å²) in [5.41, 5.74) is 2.58. The highest BCUT2D eigenvalue weighted by atomic mass is 32.1. The minimum atomic E-state index is -0.366. The molecule has 1 aliphatic rings. The molecule has 0 aliphatic heterocycles. The minimum absolute atomic E-state index is 0.116. The number of thiophene rings is 1. The van der Waals surface area contributed by atoms with Crippen LogP contribution in [0.3, 0.4) is 0 Å². The van der Waals surface area contributed by atoms with E-state index < -0.39 is 0 Å². The number of anilines is 1. The Morgan fingerprint density at radius 2 is 1.85 bits per heavy atom. The molecule has 0 atom stereocenters. The van der Waals surface area contributed by atoms with Crippen LogP contribution in [-0.4, -0.2) is 19.0 Å². The largest absolute Gasteiger partial charge is 0.465 e. The average Bonchev–Trinajstić information content (AvgIpc) is 3.05. The van der Waals surface area contributed by atoms with E-state index in [-0.39, 0.29) is 18.3 Å². The highest BCUT2D eigenvalue weighted by Crippen LogP contribution is 2.38. The summed E-state index contributed by atoms with van der Waals surface area (Å²) in [5, 5.41) is 5.79. The zero-order valence-corrected chi connectivity index (χ0v) is 16.0. The number of carbonyl (C=O) groups is 2. The van der Waals surface area contributed by atoms with Crippen molar-refractivity contribution in [3.63, 3.8) is 0 Å². The summed E-state index contributed by atoms with van der Waals surface area (Å²) in [6.45, 7) is 0. The Bertz CT molecular complexity index is 1020. The van der Waals surface area contributed by atoms with Gasteiger partial charge in [0.15, 0.2) is 0 Å². The molecule has 0 bridgehead atoms. The van der Waals surface area contributed by atoms with Crippen LogP contribution in [-0.2, 0) is 28.8 Å².